The number of H-pyrrole nitrogens is 1. The number of aryl methyl sites for hydroxylation is 1. The summed E-state index contributed by atoms with van der Waals surface area (Å²) in [6, 6.07) is 7.91. The molecular weight excluding hydrogens is 412 g/mol. The van der Waals surface area contributed by atoms with E-state index in [1.54, 1.807) is 11.0 Å². The highest BCUT2D eigenvalue weighted by Gasteiger charge is 2.32. The lowest BCUT2D eigenvalue weighted by molar-refractivity contribution is -0.122. The number of aromatic nitrogens is 4. The van der Waals surface area contributed by atoms with E-state index in [4.69, 9.17) is 14.6 Å². The van der Waals surface area contributed by atoms with Crippen LogP contribution in [0, 0.1) is 0 Å². The number of carbonyl (C=O) groups is 2. The predicted molar refractivity (Wildman–Crippen MR) is 117 cm³/mol. The molecule has 5 rings (SSSR count). The maximum absolute atomic E-state index is 13.2. The highest BCUT2D eigenvalue weighted by molar-refractivity contribution is 5.94. The number of amides is 1. The van der Waals surface area contributed by atoms with Crippen LogP contribution in [0.4, 0.5) is 5.69 Å². The lowest BCUT2D eigenvalue weighted by Gasteiger charge is -2.32. The van der Waals surface area contributed by atoms with Crippen LogP contribution in [-0.2, 0) is 23.1 Å². The van der Waals surface area contributed by atoms with E-state index in [-0.39, 0.29) is 18.3 Å². The molecule has 0 aliphatic carbocycles. The van der Waals surface area contributed by atoms with Gasteiger partial charge in [0.15, 0.2) is 0 Å². The number of carboxylic acid groups (broad SMARTS) is 1. The van der Waals surface area contributed by atoms with Crippen LogP contribution in [-0.4, -0.2) is 75.0 Å². The third kappa shape index (κ3) is 4.50. The molecule has 2 N–H and O–H groups in total. The molecule has 1 amide bonds. The third-order valence-corrected chi connectivity index (χ3v) is 5.74. The molecule has 3 aromatic rings. The van der Waals surface area contributed by atoms with Crippen molar-refractivity contribution in [3.8, 4) is 0 Å². The highest BCUT2D eigenvalue weighted by Crippen LogP contribution is 2.32. The number of fused-ring (bicyclic) bond motifs is 1. The quantitative estimate of drug-likeness (QED) is 0.595. The Hall–Kier alpha value is -3.66. The molecule has 2 aliphatic heterocycles. The Kier molecular flexibility index (Phi) is 6.50. The van der Waals surface area contributed by atoms with Crippen molar-refractivity contribution in [1.29, 1.82) is 0 Å². The molecule has 2 aromatic heterocycles. The lowest BCUT2D eigenvalue weighted by atomic mass is 9.92. The zero-order chi connectivity index (χ0) is 22.5. The molecule has 1 aromatic carbocycles. The smallest absolute Gasteiger partial charge is 0.290 e. The number of anilines is 1. The number of ether oxygens (including phenoxy) is 1. The van der Waals surface area contributed by atoms with E-state index in [0.29, 0.717) is 18.7 Å². The van der Waals surface area contributed by atoms with Crippen LogP contribution < -0.4 is 4.90 Å². The van der Waals surface area contributed by atoms with Crippen molar-refractivity contribution in [2.24, 2.45) is 7.05 Å². The van der Waals surface area contributed by atoms with Gasteiger partial charge >= 0.3 is 0 Å². The highest BCUT2D eigenvalue weighted by atomic mass is 16.5. The monoisotopic (exact) mass is 438 g/mol. The average molecular weight is 438 g/mol. The summed E-state index contributed by atoms with van der Waals surface area (Å²) in [5, 5.41) is 11.2. The average Bonchev–Trinajstić information content (AvgIpc) is 3.48. The number of morpholine rings is 1. The van der Waals surface area contributed by atoms with Gasteiger partial charge in [-0.05, 0) is 24.3 Å². The SMILES string of the molecule is Cn1cc(C2CN(C(=O)c3ccc(N4CCOCC4)cc3)Cc3[nH]cnc32)cn1.O=CO. The van der Waals surface area contributed by atoms with E-state index in [0.717, 1.165) is 48.9 Å². The fraction of sp³-hybridized carbons (Fsp3) is 0.364. The predicted octanol–water partition coefficient (Wildman–Crippen LogP) is 1.47. The summed E-state index contributed by atoms with van der Waals surface area (Å²) in [6.07, 6.45) is 5.56. The van der Waals surface area contributed by atoms with E-state index in [1.165, 1.54) is 0 Å². The van der Waals surface area contributed by atoms with E-state index < -0.39 is 0 Å². The second kappa shape index (κ2) is 9.65. The molecule has 0 spiro atoms. The van der Waals surface area contributed by atoms with Crippen molar-refractivity contribution in [2.75, 3.05) is 37.7 Å². The number of nitrogens with zero attached hydrogens (tertiary/aromatic N) is 5. The summed E-state index contributed by atoms with van der Waals surface area (Å²) in [6.45, 7) is 4.14. The molecule has 2 aliphatic rings. The standard InChI is InChI=1S/C21H24N6O2.CH2O2/c1-25-11-16(10-24-25)18-12-27(13-19-20(18)23-14-22-19)21(28)15-2-4-17(5-3-15)26-6-8-29-9-7-26;2-1-3/h2-5,10-11,14,18H,6-9,12-13H2,1H3,(H,22,23);1H,(H,2,3). The molecule has 1 fully saturated rings. The first-order valence-electron chi connectivity index (χ1n) is 10.4. The van der Waals surface area contributed by atoms with E-state index in [1.807, 2.05) is 48.6 Å². The van der Waals surface area contributed by atoms with Gasteiger partial charge in [-0.1, -0.05) is 0 Å². The van der Waals surface area contributed by atoms with Crippen LogP contribution in [0.1, 0.15) is 33.2 Å². The molecule has 10 heteroatoms. The van der Waals surface area contributed by atoms with Crippen LogP contribution in [0.2, 0.25) is 0 Å². The maximum atomic E-state index is 13.2. The molecule has 1 atom stereocenters. The molecule has 4 heterocycles. The number of hydrogen-bond donors (Lipinski definition) is 2. The number of rotatable bonds is 3. The Bertz CT molecular complexity index is 1050. The molecule has 0 radical (unpaired) electrons. The first kappa shape index (κ1) is 21.6. The van der Waals surface area contributed by atoms with Gasteiger partial charge in [-0.25, -0.2) is 4.98 Å². The van der Waals surface area contributed by atoms with Crippen molar-refractivity contribution in [3.05, 3.63) is 65.5 Å². The largest absolute Gasteiger partial charge is 0.483 e. The van der Waals surface area contributed by atoms with Gasteiger partial charge in [0.1, 0.15) is 0 Å². The molecule has 168 valence electrons. The summed E-state index contributed by atoms with van der Waals surface area (Å²) in [5.41, 5.74) is 4.90. The summed E-state index contributed by atoms with van der Waals surface area (Å²) in [5.74, 6) is 0.0583. The Morgan fingerprint density at radius 1 is 1.25 bits per heavy atom. The first-order chi connectivity index (χ1) is 15.6. The van der Waals surface area contributed by atoms with Gasteiger partial charge in [-0.3, -0.25) is 14.3 Å². The number of aromatic amines is 1. The van der Waals surface area contributed by atoms with Crippen molar-refractivity contribution >= 4 is 18.1 Å². The molecule has 0 saturated carbocycles. The number of nitrogens with one attached hydrogen (secondary N) is 1. The third-order valence-electron chi connectivity index (χ3n) is 5.74. The molecule has 32 heavy (non-hydrogen) atoms. The summed E-state index contributed by atoms with van der Waals surface area (Å²) in [4.78, 5) is 33.5. The van der Waals surface area contributed by atoms with Gasteiger partial charge in [0.25, 0.3) is 12.4 Å². The summed E-state index contributed by atoms with van der Waals surface area (Å²) >= 11 is 0. The molecular formula is C22H26N6O4. The fourth-order valence-corrected chi connectivity index (χ4v) is 4.18. The van der Waals surface area contributed by atoms with E-state index in [9.17, 15) is 4.79 Å². The summed E-state index contributed by atoms with van der Waals surface area (Å²) < 4.78 is 7.20. The maximum Gasteiger partial charge on any atom is 0.290 e. The first-order valence-corrected chi connectivity index (χ1v) is 10.4. The molecule has 10 nitrogen and oxygen atoms in total. The fourth-order valence-electron chi connectivity index (χ4n) is 4.18. The molecule has 1 unspecified atom stereocenters. The van der Waals surface area contributed by atoms with E-state index in [2.05, 4.69) is 20.0 Å². The van der Waals surface area contributed by atoms with Crippen LogP contribution >= 0.6 is 0 Å². The number of hydrogen-bond acceptors (Lipinski definition) is 6. The van der Waals surface area contributed by atoms with Crippen molar-refractivity contribution in [3.63, 3.8) is 0 Å². The number of carbonyl (C=O) groups excluding carboxylic acids is 1. The zero-order valence-electron chi connectivity index (χ0n) is 17.8. The minimum atomic E-state index is -0.250. The minimum Gasteiger partial charge on any atom is -0.483 e. The molecule has 1 saturated heterocycles. The van der Waals surface area contributed by atoms with Crippen molar-refractivity contribution in [1.82, 2.24) is 24.6 Å². The minimum absolute atomic E-state index is 0.0234. The Morgan fingerprint density at radius 2 is 1.97 bits per heavy atom. The van der Waals surface area contributed by atoms with Gasteiger partial charge in [0.2, 0.25) is 0 Å². The topological polar surface area (TPSA) is 117 Å². The van der Waals surface area contributed by atoms with Crippen LogP contribution in [0.3, 0.4) is 0 Å². The number of benzene rings is 1. The Labute approximate surface area is 185 Å². The van der Waals surface area contributed by atoms with Gasteiger partial charge in [0, 0.05) is 55.6 Å². The normalized spacial score (nSPS) is 17.8. The van der Waals surface area contributed by atoms with E-state index >= 15 is 0 Å². The van der Waals surface area contributed by atoms with Crippen LogP contribution in [0.15, 0.2) is 43.0 Å². The second-order valence-electron chi connectivity index (χ2n) is 7.70. The second-order valence-corrected chi connectivity index (χ2v) is 7.70. The van der Waals surface area contributed by atoms with Crippen molar-refractivity contribution in [2.45, 2.75) is 12.5 Å². The lowest BCUT2D eigenvalue weighted by Crippen LogP contribution is -2.39. The van der Waals surface area contributed by atoms with Crippen LogP contribution in [0.5, 0.6) is 0 Å². The summed E-state index contributed by atoms with van der Waals surface area (Å²) in [7, 11) is 1.90. The Morgan fingerprint density at radius 3 is 2.62 bits per heavy atom. The van der Waals surface area contributed by atoms with Gasteiger partial charge in [0.05, 0.1) is 43.7 Å². The van der Waals surface area contributed by atoms with Gasteiger partial charge in [-0.2, -0.15) is 5.10 Å². The van der Waals surface area contributed by atoms with Crippen molar-refractivity contribution < 1.29 is 19.4 Å². The number of imidazole rings is 1. The van der Waals surface area contributed by atoms with Gasteiger partial charge < -0.3 is 24.6 Å². The zero-order valence-corrected chi connectivity index (χ0v) is 17.8. The Balaban J connectivity index is 0.000000775. The van der Waals surface area contributed by atoms with Gasteiger partial charge in [-0.15, -0.1) is 0 Å². The molecule has 0 bridgehead atoms. The van der Waals surface area contributed by atoms with Crippen LogP contribution in [0.25, 0.3) is 0 Å².